The molecule has 0 aliphatic carbocycles. The fourth-order valence-corrected chi connectivity index (χ4v) is 11.0. The summed E-state index contributed by atoms with van der Waals surface area (Å²) in [5.41, 5.74) is 17.3. The molecule has 12 rings (SSSR count). The Morgan fingerprint density at radius 2 is 1.31 bits per heavy atom. The molecule has 0 N–H and O–H groups in total. The summed E-state index contributed by atoms with van der Waals surface area (Å²) in [6.45, 7) is 16.5. The van der Waals surface area contributed by atoms with Crippen molar-refractivity contribution >= 4 is 55.0 Å². The number of imidazole rings is 1. The van der Waals surface area contributed by atoms with Gasteiger partial charge in [-0.05, 0) is 94.3 Å². The van der Waals surface area contributed by atoms with Crippen molar-refractivity contribution in [2.75, 3.05) is 0 Å². The van der Waals surface area contributed by atoms with Crippen molar-refractivity contribution in [2.24, 2.45) is 4.99 Å². The van der Waals surface area contributed by atoms with Crippen LogP contribution in [0, 0.1) is 0 Å². The molecule has 4 heterocycles. The van der Waals surface area contributed by atoms with E-state index in [4.69, 9.17) is 11.6 Å². The topological polar surface area (TPSA) is 26.1 Å². The number of allylic oxidation sites excluding steroid dienone is 1. The SMILES string of the molecule is C=CC1=NC2C(=C)[n+]3c(n(-c4c(-c5ccccc5)cccc4C(C)(C)C)c4cc5ccccc5cc43)-c3cc4c5ccccc5n(-c5ccccc5)c4cc3CCC2c2ccccc21. The highest BCUT2D eigenvalue weighted by Gasteiger charge is 2.42. The molecule has 4 nitrogen and oxygen atoms in total. The summed E-state index contributed by atoms with van der Waals surface area (Å²) in [6.07, 6.45) is 3.68. The van der Waals surface area contributed by atoms with Crippen LogP contribution >= 0.6 is 0 Å². The zero-order valence-electron chi connectivity index (χ0n) is 36.6. The van der Waals surface area contributed by atoms with E-state index in [0.29, 0.717) is 0 Å². The molecule has 0 saturated heterocycles. The van der Waals surface area contributed by atoms with Crippen molar-refractivity contribution < 1.29 is 4.57 Å². The van der Waals surface area contributed by atoms with Crippen LogP contribution in [0.5, 0.6) is 0 Å². The third kappa shape index (κ3) is 5.75. The van der Waals surface area contributed by atoms with Gasteiger partial charge >= 0.3 is 0 Å². The molecule has 0 fully saturated rings. The van der Waals surface area contributed by atoms with E-state index in [1.165, 1.54) is 71.6 Å². The summed E-state index contributed by atoms with van der Waals surface area (Å²) in [6, 6.07) is 64.7. The number of nitrogens with zero attached hydrogens (tertiary/aromatic N) is 4. The number of fused-ring (bicyclic) bond motifs is 12. The lowest BCUT2D eigenvalue weighted by Gasteiger charge is -2.31. The average molecular weight is 826 g/mol. The molecular formula is C60H49N4+. The van der Waals surface area contributed by atoms with Crippen LogP contribution in [0.4, 0.5) is 0 Å². The van der Waals surface area contributed by atoms with Crippen molar-refractivity contribution in [3.05, 3.63) is 217 Å². The summed E-state index contributed by atoms with van der Waals surface area (Å²) < 4.78 is 7.55. The predicted molar refractivity (Wildman–Crippen MR) is 268 cm³/mol. The molecule has 0 spiro atoms. The first kappa shape index (κ1) is 38.1. The third-order valence-corrected chi connectivity index (χ3v) is 13.9. The normalized spacial score (nSPS) is 16.1. The van der Waals surface area contributed by atoms with Crippen LogP contribution in [0.1, 0.15) is 55.4 Å². The first-order valence-electron chi connectivity index (χ1n) is 22.6. The molecule has 2 aromatic heterocycles. The highest BCUT2D eigenvalue weighted by Crippen LogP contribution is 2.47. The molecule has 4 heteroatoms. The van der Waals surface area contributed by atoms with Crippen LogP contribution in [0.3, 0.4) is 0 Å². The number of hydrogen-bond acceptors (Lipinski definition) is 1. The molecule has 0 bridgehead atoms. The minimum absolute atomic E-state index is 0.0926. The predicted octanol–water partition coefficient (Wildman–Crippen LogP) is 14.4. The maximum atomic E-state index is 5.63. The van der Waals surface area contributed by atoms with Crippen LogP contribution in [-0.2, 0) is 11.8 Å². The van der Waals surface area contributed by atoms with Crippen LogP contribution < -0.4 is 4.57 Å². The highest BCUT2D eigenvalue weighted by atomic mass is 15.2. The van der Waals surface area contributed by atoms with Gasteiger partial charge in [-0.25, -0.2) is 0 Å². The molecule has 2 atom stereocenters. The van der Waals surface area contributed by atoms with Crippen LogP contribution in [-0.4, -0.2) is 20.9 Å². The molecule has 308 valence electrons. The van der Waals surface area contributed by atoms with Gasteiger partial charge in [-0.2, -0.15) is 9.13 Å². The number of aliphatic imine (C=N–C) groups is 1. The van der Waals surface area contributed by atoms with Gasteiger partial charge in [-0.15, -0.1) is 0 Å². The largest absolute Gasteiger partial charge is 0.309 e. The van der Waals surface area contributed by atoms with Gasteiger partial charge in [-0.3, -0.25) is 4.99 Å². The first-order chi connectivity index (χ1) is 31.3. The molecule has 0 amide bonds. The number of aryl methyl sites for hydroxylation is 1. The number of rotatable bonds is 4. The first-order valence-corrected chi connectivity index (χ1v) is 22.6. The molecule has 8 aromatic carbocycles. The van der Waals surface area contributed by atoms with E-state index in [1.54, 1.807) is 0 Å². The monoisotopic (exact) mass is 825 g/mol. The van der Waals surface area contributed by atoms with Crippen molar-refractivity contribution in [3.63, 3.8) is 0 Å². The fourth-order valence-electron chi connectivity index (χ4n) is 11.0. The van der Waals surface area contributed by atoms with Crippen molar-refractivity contribution in [2.45, 2.75) is 51.0 Å². The fraction of sp³-hybridized carbons (Fsp3) is 0.133. The van der Waals surface area contributed by atoms with E-state index >= 15 is 0 Å². The number of para-hydroxylation sites is 3. The van der Waals surface area contributed by atoms with Crippen LogP contribution in [0.25, 0.3) is 83.2 Å². The molecule has 2 unspecified atom stereocenters. The van der Waals surface area contributed by atoms with E-state index in [1.807, 2.05) is 6.08 Å². The zero-order valence-corrected chi connectivity index (χ0v) is 36.6. The van der Waals surface area contributed by atoms with Gasteiger partial charge in [0.2, 0.25) is 0 Å². The summed E-state index contributed by atoms with van der Waals surface area (Å²) in [7, 11) is 0. The molecule has 0 saturated carbocycles. The van der Waals surface area contributed by atoms with Gasteiger partial charge in [0.15, 0.2) is 11.0 Å². The Morgan fingerprint density at radius 1 is 0.625 bits per heavy atom. The molecule has 64 heavy (non-hydrogen) atoms. The van der Waals surface area contributed by atoms with Crippen molar-refractivity contribution in [1.29, 1.82) is 0 Å². The van der Waals surface area contributed by atoms with Gasteiger partial charge in [-0.1, -0.05) is 167 Å². The number of aromatic nitrogens is 3. The molecule has 2 aliphatic heterocycles. The summed E-state index contributed by atoms with van der Waals surface area (Å²) >= 11 is 0. The van der Waals surface area contributed by atoms with Gasteiger partial charge in [0, 0.05) is 39.1 Å². The van der Waals surface area contributed by atoms with Crippen LogP contribution in [0.2, 0.25) is 0 Å². The summed E-state index contributed by atoms with van der Waals surface area (Å²) in [5.74, 6) is 1.18. The maximum absolute atomic E-state index is 5.63. The van der Waals surface area contributed by atoms with Gasteiger partial charge in [0.1, 0.15) is 17.4 Å². The Labute approximate surface area is 374 Å². The Kier molecular flexibility index (Phi) is 8.64. The Bertz CT molecular complexity index is 3580. The highest BCUT2D eigenvalue weighted by molar-refractivity contribution is 6.12. The number of benzene rings is 8. The minimum Gasteiger partial charge on any atom is -0.309 e. The van der Waals surface area contributed by atoms with E-state index in [2.05, 4.69) is 217 Å². The lowest BCUT2D eigenvalue weighted by Crippen LogP contribution is -2.42. The quantitative estimate of drug-likeness (QED) is 0.158. The van der Waals surface area contributed by atoms with Crippen LogP contribution in [0.15, 0.2) is 200 Å². The Hall–Kier alpha value is -7.56. The van der Waals surface area contributed by atoms with Gasteiger partial charge in [0.05, 0.1) is 22.3 Å². The zero-order chi connectivity index (χ0) is 43.3. The second kappa shape index (κ2) is 14.5. The Morgan fingerprint density at radius 3 is 2.09 bits per heavy atom. The van der Waals surface area contributed by atoms with E-state index in [0.717, 1.165) is 52.4 Å². The van der Waals surface area contributed by atoms with E-state index in [9.17, 15) is 0 Å². The minimum atomic E-state index is -0.230. The maximum Gasteiger partial charge on any atom is 0.300 e. The Balaban J connectivity index is 1.30. The second-order valence-corrected chi connectivity index (χ2v) is 18.6. The molecule has 10 aromatic rings. The average Bonchev–Trinajstić information content (AvgIpc) is 3.84. The summed E-state index contributed by atoms with van der Waals surface area (Å²) in [4.78, 5) is 5.63. The standard InChI is InChI=1S/C60H49N4/c1-6-52-46-27-16-15-26-45(46)48-33-32-42-36-54-50(47-28-17-18-31-53(47)63(54)43-24-11-8-12-25-43)37-49(42)59-62(38(2)57(48)61-52)55-34-40-22-13-14-23-41(40)35-56(55)64(59)58-44(39-20-9-7-10-21-39)29-19-30-51(58)60(3,4)5/h6-31,34-37,48,57H,1-2,32-33H2,3-5H3/q+1. The smallest absolute Gasteiger partial charge is 0.300 e. The van der Waals surface area contributed by atoms with Gasteiger partial charge in [0.25, 0.3) is 5.82 Å². The van der Waals surface area contributed by atoms with Gasteiger partial charge < -0.3 is 4.57 Å². The third-order valence-electron chi connectivity index (χ3n) is 13.9. The lowest BCUT2D eigenvalue weighted by molar-refractivity contribution is -0.543. The molecular weight excluding hydrogens is 777 g/mol. The molecule has 0 radical (unpaired) electrons. The second-order valence-electron chi connectivity index (χ2n) is 18.6. The summed E-state index contributed by atoms with van der Waals surface area (Å²) in [5, 5.41) is 4.83. The van der Waals surface area contributed by atoms with E-state index in [-0.39, 0.29) is 17.4 Å². The van der Waals surface area contributed by atoms with Crippen molar-refractivity contribution in [3.8, 4) is 33.9 Å². The lowest BCUT2D eigenvalue weighted by atomic mass is 9.79. The molecule has 2 aliphatic rings. The number of hydrogen-bond donors (Lipinski definition) is 0. The van der Waals surface area contributed by atoms with Crippen molar-refractivity contribution in [1.82, 2.24) is 9.13 Å². The van der Waals surface area contributed by atoms with E-state index < -0.39 is 0 Å².